The summed E-state index contributed by atoms with van der Waals surface area (Å²) in [6.45, 7) is 3.36. The fourth-order valence-electron chi connectivity index (χ4n) is 3.15. The zero-order valence-electron chi connectivity index (χ0n) is 13.1. The first-order chi connectivity index (χ1) is 11.1. The molecule has 0 atom stereocenters. The minimum Gasteiger partial charge on any atom is -0.466 e. The van der Waals surface area contributed by atoms with Crippen LogP contribution in [-0.2, 0) is 9.53 Å². The molecular formula is C18H19NO4. The number of nitrogens with zero attached hydrogens (tertiary/aromatic N) is 1. The van der Waals surface area contributed by atoms with Crippen LogP contribution in [0.4, 0.5) is 5.69 Å². The number of hydrogen-bond donors (Lipinski definition) is 0. The maximum Gasteiger partial charge on any atom is 0.309 e. The van der Waals surface area contributed by atoms with E-state index in [0.717, 1.165) is 5.56 Å². The number of anilines is 1. The van der Waals surface area contributed by atoms with E-state index >= 15 is 0 Å². The van der Waals surface area contributed by atoms with Gasteiger partial charge < -0.3 is 9.64 Å². The summed E-state index contributed by atoms with van der Waals surface area (Å²) in [6.07, 6.45) is 1.29. The van der Waals surface area contributed by atoms with Crippen LogP contribution in [0.15, 0.2) is 39.9 Å². The molecule has 23 heavy (non-hydrogen) atoms. The van der Waals surface area contributed by atoms with Gasteiger partial charge in [0.1, 0.15) is 5.69 Å². The maximum atomic E-state index is 12.0. The fourth-order valence-corrected chi connectivity index (χ4v) is 3.15. The van der Waals surface area contributed by atoms with Gasteiger partial charge in [-0.15, -0.1) is 0 Å². The van der Waals surface area contributed by atoms with Crippen LogP contribution in [0, 0.1) is 5.92 Å². The number of carbonyl (C=O) groups excluding carboxylic acids is 1. The van der Waals surface area contributed by atoms with Crippen molar-refractivity contribution in [1.29, 1.82) is 0 Å². The highest BCUT2D eigenvalue weighted by molar-refractivity contribution is 5.83. The number of ether oxygens (including phenoxy) is 1. The molecule has 0 spiro atoms. The van der Waals surface area contributed by atoms with E-state index in [1.807, 2.05) is 35.2 Å². The predicted molar refractivity (Wildman–Crippen MR) is 88.4 cm³/mol. The summed E-state index contributed by atoms with van der Waals surface area (Å²) >= 11 is 0. The van der Waals surface area contributed by atoms with Crippen LogP contribution in [0.2, 0.25) is 0 Å². The van der Waals surface area contributed by atoms with Gasteiger partial charge in [-0.3, -0.25) is 14.4 Å². The van der Waals surface area contributed by atoms with Crippen LogP contribution in [0.1, 0.15) is 19.8 Å². The normalized spacial score (nSPS) is 15.8. The SMILES string of the molecule is CCOC(=O)C1CCN(c2c(-c3ccccc3)c(=O)c2=O)CC1. The summed E-state index contributed by atoms with van der Waals surface area (Å²) in [5.41, 5.74) is 0.950. The lowest BCUT2D eigenvalue weighted by molar-refractivity contribution is -0.148. The average Bonchev–Trinajstić information content (AvgIpc) is 2.60. The summed E-state index contributed by atoms with van der Waals surface area (Å²) < 4.78 is 5.06. The smallest absolute Gasteiger partial charge is 0.309 e. The van der Waals surface area contributed by atoms with Gasteiger partial charge in [0.25, 0.3) is 0 Å². The molecule has 0 radical (unpaired) electrons. The third-order valence-corrected chi connectivity index (χ3v) is 4.38. The number of piperidine rings is 1. The predicted octanol–water partition coefficient (Wildman–Crippen LogP) is 1.73. The Hall–Kier alpha value is -2.43. The molecule has 0 aliphatic carbocycles. The Labute approximate surface area is 134 Å². The largest absolute Gasteiger partial charge is 0.466 e. The fraction of sp³-hybridized carbons (Fsp3) is 0.389. The molecule has 0 N–H and O–H groups in total. The standard InChI is InChI=1S/C18H19NO4/c1-2-23-18(22)13-8-10-19(11-9-13)15-14(16(20)17(15)21)12-6-4-3-5-7-12/h3-7,13H,2,8-11H2,1H3. The van der Waals surface area contributed by atoms with Gasteiger partial charge in [-0.05, 0) is 25.3 Å². The number of hydrogen-bond acceptors (Lipinski definition) is 5. The topological polar surface area (TPSA) is 63.7 Å². The quantitative estimate of drug-likeness (QED) is 0.635. The first kappa shape index (κ1) is 15.5. The zero-order valence-corrected chi connectivity index (χ0v) is 13.1. The number of carbonyl (C=O) groups is 1. The van der Waals surface area contributed by atoms with Gasteiger partial charge in [0, 0.05) is 13.1 Å². The molecule has 1 heterocycles. The summed E-state index contributed by atoms with van der Waals surface area (Å²) in [5, 5.41) is 0. The summed E-state index contributed by atoms with van der Waals surface area (Å²) in [4.78, 5) is 37.7. The van der Waals surface area contributed by atoms with Crippen molar-refractivity contribution in [1.82, 2.24) is 0 Å². The monoisotopic (exact) mass is 313 g/mol. The molecule has 1 aliphatic heterocycles. The van der Waals surface area contributed by atoms with E-state index in [4.69, 9.17) is 4.74 Å². The van der Waals surface area contributed by atoms with Gasteiger partial charge in [-0.25, -0.2) is 0 Å². The lowest BCUT2D eigenvalue weighted by atomic mass is 9.93. The van der Waals surface area contributed by atoms with Crippen molar-refractivity contribution in [2.75, 3.05) is 24.6 Å². The van der Waals surface area contributed by atoms with Crippen LogP contribution < -0.4 is 15.8 Å². The summed E-state index contributed by atoms with van der Waals surface area (Å²) in [5.74, 6) is -0.279. The van der Waals surface area contributed by atoms with Gasteiger partial charge in [-0.2, -0.15) is 0 Å². The molecule has 0 unspecified atom stereocenters. The molecule has 1 fully saturated rings. The van der Waals surface area contributed by atoms with Crippen LogP contribution in [0.3, 0.4) is 0 Å². The molecule has 0 amide bonds. The van der Waals surface area contributed by atoms with E-state index in [9.17, 15) is 14.4 Å². The molecular weight excluding hydrogens is 294 g/mol. The molecule has 5 nitrogen and oxygen atoms in total. The van der Waals surface area contributed by atoms with Crippen LogP contribution in [-0.4, -0.2) is 25.7 Å². The number of rotatable bonds is 4. The van der Waals surface area contributed by atoms with E-state index < -0.39 is 10.9 Å². The Morgan fingerprint density at radius 3 is 2.39 bits per heavy atom. The van der Waals surface area contributed by atoms with Crippen LogP contribution in [0.5, 0.6) is 0 Å². The second kappa shape index (κ2) is 6.36. The van der Waals surface area contributed by atoms with Crippen molar-refractivity contribution < 1.29 is 9.53 Å². The number of benzene rings is 1. The second-order valence-electron chi connectivity index (χ2n) is 5.76. The lowest BCUT2D eigenvalue weighted by Gasteiger charge is -2.34. The summed E-state index contributed by atoms with van der Waals surface area (Å²) in [7, 11) is 0. The van der Waals surface area contributed by atoms with Crippen LogP contribution >= 0.6 is 0 Å². The van der Waals surface area contributed by atoms with Crippen molar-refractivity contribution in [3.05, 3.63) is 50.8 Å². The highest BCUT2D eigenvalue weighted by Crippen LogP contribution is 2.30. The second-order valence-corrected chi connectivity index (χ2v) is 5.76. The van der Waals surface area contributed by atoms with E-state index in [1.54, 1.807) is 6.92 Å². The molecule has 0 aromatic heterocycles. The van der Waals surface area contributed by atoms with Crippen LogP contribution in [0.25, 0.3) is 11.1 Å². The Bertz CT molecular complexity index is 766. The van der Waals surface area contributed by atoms with Gasteiger partial charge in [0.2, 0.25) is 10.9 Å². The molecule has 2 aromatic rings. The summed E-state index contributed by atoms with van der Waals surface area (Å²) in [6, 6.07) is 9.25. The third kappa shape index (κ3) is 2.79. The molecule has 0 bridgehead atoms. The molecule has 5 heteroatoms. The van der Waals surface area contributed by atoms with Crippen molar-refractivity contribution >= 4 is 11.7 Å². The molecule has 0 saturated carbocycles. The van der Waals surface area contributed by atoms with Gasteiger partial charge in [0.15, 0.2) is 0 Å². The van der Waals surface area contributed by atoms with Crippen molar-refractivity contribution in [2.45, 2.75) is 19.8 Å². The first-order valence-corrected chi connectivity index (χ1v) is 7.93. The zero-order chi connectivity index (χ0) is 16.4. The molecule has 120 valence electrons. The Balaban J connectivity index is 1.78. The number of esters is 1. The van der Waals surface area contributed by atoms with E-state index in [-0.39, 0.29) is 11.9 Å². The van der Waals surface area contributed by atoms with E-state index in [2.05, 4.69) is 0 Å². The lowest BCUT2D eigenvalue weighted by Crippen LogP contribution is -2.46. The van der Waals surface area contributed by atoms with E-state index in [0.29, 0.717) is 43.8 Å². The highest BCUT2D eigenvalue weighted by Gasteiger charge is 2.32. The molecule has 1 saturated heterocycles. The minimum absolute atomic E-state index is 0.113. The van der Waals surface area contributed by atoms with Crippen molar-refractivity contribution in [2.24, 2.45) is 5.92 Å². The van der Waals surface area contributed by atoms with Crippen molar-refractivity contribution in [3.8, 4) is 11.1 Å². The van der Waals surface area contributed by atoms with Gasteiger partial charge in [0.05, 0.1) is 18.1 Å². The third-order valence-electron chi connectivity index (χ3n) is 4.38. The Morgan fingerprint density at radius 1 is 1.13 bits per heavy atom. The van der Waals surface area contributed by atoms with Gasteiger partial charge in [-0.1, -0.05) is 30.3 Å². The maximum absolute atomic E-state index is 12.0. The Kier molecular flexibility index (Phi) is 4.28. The molecule has 1 aliphatic rings. The minimum atomic E-state index is -0.418. The molecule has 3 rings (SSSR count). The average molecular weight is 313 g/mol. The van der Waals surface area contributed by atoms with Gasteiger partial charge >= 0.3 is 5.97 Å². The Morgan fingerprint density at radius 2 is 1.78 bits per heavy atom. The van der Waals surface area contributed by atoms with Crippen molar-refractivity contribution in [3.63, 3.8) is 0 Å². The first-order valence-electron chi connectivity index (χ1n) is 7.93. The highest BCUT2D eigenvalue weighted by atomic mass is 16.5. The van der Waals surface area contributed by atoms with E-state index in [1.165, 1.54) is 0 Å². The molecule has 2 aromatic carbocycles.